The van der Waals surface area contributed by atoms with E-state index in [-0.39, 0.29) is 0 Å². The van der Waals surface area contributed by atoms with E-state index in [1.165, 1.54) is 0 Å². The molecule has 1 atom stereocenters. The van der Waals surface area contributed by atoms with Crippen LogP contribution in [0.3, 0.4) is 0 Å². The molecule has 1 N–H and O–H groups in total. The van der Waals surface area contributed by atoms with Crippen LogP contribution in [0, 0.1) is 12.3 Å². The van der Waals surface area contributed by atoms with E-state index in [0.717, 1.165) is 11.0 Å². The van der Waals surface area contributed by atoms with E-state index < -0.39 is 13.2 Å². The molecule has 1 aromatic carbocycles. The Hall–Kier alpha value is -1.24. The topological polar surface area (TPSA) is 29.5 Å². The summed E-state index contributed by atoms with van der Waals surface area (Å²) in [7, 11) is -0.859. The fraction of sp³-hybridized carbons (Fsp3) is 0.111. The van der Waals surface area contributed by atoms with Crippen molar-refractivity contribution >= 4 is 12.6 Å². The molecule has 0 aromatic heterocycles. The van der Waals surface area contributed by atoms with Gasteiger partial charge in [0.2, 0.25) is 0 Å². The van der Waals surface area contributed by atoms with Crippen LogP contribution < -0.4 is 5.46 Å². The molecule has 2 nitrogen and oxygen atoms in total. The van der Waals surface area contributed by atoms with Crippen molar-refractivity contribution in [2.45, 2.75) is 6.10 Å². The maximum absolute atomic E-state index is 9.37. The minimum absolute atomic E-state index is 0.392. The fourth-order valence-electron chi connectivity index (χ4n) is 1.38. The van der Waals surface area contributed by atoms with Gasteiger partial charge in [-0.2, -0.15) is 0 Å². The summed E-state index contributed by atoms with van der Waals surface area (Å²) in [5.74, 6) is 2.47. The Morgan fingerprint density at radius 3 is 3.00 bits per heavy atom. The van der Waals surface area contributed by atoms with Gasteiger partial charge in [-0.25, -0.2) is 0 Å². The number of terminal acetylenes is 1. The van der Waals surface area contributed by atoms with Gasteiger partial charge in [-0.3, -0.25) is 0 Å². The SMILES string of the molecule is C#CC1OB(O)c2ccccc21. The number of rotatable bonds is 0. The molecule has 2 rings (SSSR count). The monoisotopic (exact) mass is 158 g/mol. The Labute approximate surface area is 71.3 Å². The van der Waals surface area contributed by atoms with Crippen LogP contribution in [0.25, 0.3) is 0 Å². The second kappa shape index (κ2) is 2.67. The predicted octanol–water partition coefficient (Wildman–Crippen LogP) is 0.0786. The Morgan fingerprint density at radius 1 is 1.50 bits per heavy atom. The standard InChI is InChI=1S/C9H7BO2/c1-2-9-7-5-3-4-6-8(7)10(11)12-9/h1,3-6,9,11H. The molecule has 58 valence electrons. The van der Waals surface area contributed by atoms with Crippen LogP contribution in [-0.2, 0) is 4.65 Å². The molecule has 1 aliphatic heterocycles. The molecule has 0 spiro atoms. The molecule has 1 aliphatic rings. The average molecular weight is 158 g/mol. The highest BCUT2D eigenvalue weighted by Crippen LogP contribution is 2.21. The van der Waals surface area contributed by atoms with Crippen LogP contribution >= 0.6 is 0 Å². The van der Waals surface area contributed by atoms with Gasteiger partial charge in [0.05, 0.1) is 0 Å². The highest BCUT2D eigenvalue weighted by molar-refractivity contribution is 6.61. The summed E-state index contributed by atoms with van der Waals surface area (Å²) in [4.78, 5) is 0. The van der Waals surface area contributed by atoms with E-state index in [1.54, 1.807) is 0 Å². The lowest BCUT2D eigenvalue weighted by Gasteiger charge is -2.01. The Balaban J connectivity index is 2.52. The van der Waals surface area contributed by atoms with Crippen LogP contribution in [0.2, 0.25) is 0 Å². The second-order valence-corrected chi connectivity index (χ2v) is 2.66. The second-order valence-electron chi connectivity index (χ2n) is 2.66. The molecule has 0 bridgehead atoms. The van der Waals surface area contributed by atoms with Crippen LogP contribution in [-0.4, -0.2) is 12.1 Å². The minimum atomic E-state index is -0.859. The minimum Gasteiger partial charge on any atom is -0.423 e. The van der Waals surface area contributed by atoms with Crippen molar-refractivity contribution in [3.63, 3.8) is 0 Å². The highest BCUT2D eigenvalue weighted by atomic mass is 16.5. The van der Waals surface area contributed by atoms with Crippen LogP contribution in [0.15, 0.2) is 24.3 Å². The highest BCUT2D eigenvalue weighted by Gasteiger charge is 2.33. The Morgan fingerprint density at radius 2 is 2.25 bits per heavy atom. The van der Waals surface area contributed by atoms with Gasteiger partial charge in [-0.05, 0) is 11.0 Å². The molecule has 0 amide bonds. The van der Waals surface area contributed by atoms with Crippen molar-refractivity contribution in [3.8, 4) is 12.3 Å². The lowest BCUT2D eigenvalue weighted by atomic mass is 9.79. The summed E-state index contributed by atoms with van der Waals surface area (Å²) in [5.41, 5.74) is 1.67. The molecule has 1 heterocycles. The van der Waals surface area contributed by atoms with Crippen molar-refractivity contribution in [1.29, 1.82) is 0 Å². The molecule has 12 heavy (non-hydrogen) atoms. The lowest BCUT2D eigenvalue weighted by Crippen LogP contribution is -2.27. The summed E-state index contributed by atoms with van der Waals surface area (Å²) in [6, 6.07) is 7.42. The van der Waals surface area contributed by atoms with Gasteiger partial charge >= 0.3 is 7.12 Å². The molecule has 0 saturated heterocycles. The normalized spacial score (nSPS) is 20.3. The molecule has 1 unspecified atom stereocenters. The van der Waals surface area contributed by atoms with Gasteiger partial charge in [0.15, 0.2) is 0 Å². The first-order chi connectivity index (χ1) is 5.83. The van der Waals surface area contributed by atoms with Gasteiger partial charge in [-0.1, -0.05) is 30.2 Å². The predicted molar refractivity (Wildman–Crippen MR) is 46.7 cm³/mol. The van der Waals surface area contributed by atoms with Crippen molar-refractivity contribution in [2.24, 2.45) is 0 Å². The molecular weight excluding hydrogens is 151 g/mol. The zero-order valence-corrected chi connectivity index (χ0v) is 6.40. The van der Waals surface area contributed by atoms with Crippen molar-refractivity contribution in [3.05, 3.63) is 29.8 Å². The number of hydrogen-bond donors (Lipinski definition) is 1. The first-order valence-electron chi connectivity index (χ1n) is 3.71. The molecular formula is C9H7BO2. The molecule has 0 radical (unpaired) electrons. The van der Waals surface area contributed by atoms with Crippen LogP contribution in [0.5, 0.6) is 0 Å². The van der Waals surface area contributed by atoms with Gasteiger partial charge in [0, 0.05) is 0 Å². The van der Waals surface area contributed by atoms with E-state index in [2.05, 4.69) is 5.92 Å². The van der Waals surface area contributed by atoms with E-state index in [0.29, 0.717) is 0 Å². The maximum Gasteiger partial charge on any atom is 0.492 e. The zero-order valence-electron chi connectivity index (χ0n) is 6.40. The van der Waals surface area contributed by atoms with Gasteiger partial charge < -0.3 is 9.68 Å². The zero-order chi connectivity index (χ0) is 8.55. The average Bonchev–Trinajstić information content (AvgIpc) is 2.44. The molecule has 0 saturated carbocycles. The summed E-state index contributed by atoms with van der Waals surface area (Å²) < 4.78 is 5.10. The largest absolute Gasteiger partial charge is 0.492 e. The molecule has 3 heteroatoms. The van der Waals surface area contributed by atoms with Crippen LogP contribution in [0.4, 0.5) is 0 Å². The van der Waals surface area contributed by atoms with E-state index in [9.17, 15) is 5.02 Å². The number of fused-ring (bicyclic) bond motifs is 1. The van der Waals surface area contributed by atoms with Crippen molar-refractivity contribution in [1.82, 2.24) is 0 Å². The van der Waals surface area contributed by atoms with E-state index >= 15 is 0 Å². The lowest BCUT2D eigenvalue weighted by molar-refractivity contribution is 0.241. The van der Waals surface area contributed by atoms with Crippen molar-refractivity contribution in [2.75, 3.05) is 0 Å². The Bertz CT molecular complexity index is 343. The first kappa shape index (κ1) is 7.42. The van der Waals surface area contributed by atoms with Crippen LogP contribution in [0.1, 0.15) is 11.7 Å². The quantitative estimate of drug-likeness (QED) is 0.427. The maximum atomic E-state index is 9.37. The third kappa shape index (κ3) is 0.936. The fourth-order valence-corrected chi connectivity index (χ4v) is 1.38. The number of benzene rings is 1. The third-order valence-corrected chi connectivity index (χ3v) is 1.96. The summed E-state index contributed by atoms with van der Waals surface area (Å²) in [6.45, 7) is 0. The van der Waals surface area contributed by atoms with Gasteiger partial charge in [0.25, 0.3) is 0 Å². The first-order valence-corrected chi connectivity index (χ1v) is 3.71. The molecule has 0 aliphatic carbocycles. The van der Waals surface area contributed by atoms with Gasteiger partial charge in [-0.15, -0.1) is 6.42 Å². The van der Waals surface area contributed by atoms with E-state index in [4.69, 9.17) is 11.1 Å². The summed E-state index contributed by atoms with van der Waals surface area (Å²) >= 11 is 0. The Kier molecular flexibility index (Phi) is 1.65. The van der Waals surface area contributed by atoms with E-state index in [1.807, 2.05) is 24.3 Å². The number of hydrogen-bond acceptors (Lipinski definition) is 2. The molecule has 1 aromatic rings. The smallest absolute Gasteiger partial charge is 0.423 e. The van der Waals surface area contributed by atoms with Crippen molar-refractivity contribution < 1.29 is 9.68 Å². The third-order valence-electron chi connectivity index (χ3n) is 1.96. The summed E-state index contributed by atoms with van der Waals surface area (Å²) in [5, 5.41) is 9.37. The molecule has 0 fully saturated rings. The van der Waals surface area contributed by atoms with Gasteiger partial charge in [0.1, 0.15) is 6.10 Å². The summed E-state index contributed by atoms with van der Waals surface area (Å²) in [6.07, 6.45) is 4.83.